The number of anilines is 3. The van der Waals surface area contributed by atoms with Crippen LogP contribution in [0.15, 0.2) is 42.5 Å². The summed E-state index contributed by atoms with van der Waals surface area (Å²) in [4.78, 5) is 21.4. The molecule has 7 heteroatoms. The third-order valence-electron chi connectivity index (χ3n) is 4.51. The van der Waals surface area contributed by atoms with Crippen molar-refractivity contribution in [1.29, 1.82) is 0 Å². The lowest BCUT2D eigenvalue weighted by molar-refractivity contribution is 0.102. The highest BCUT2D eigenvalue weighted by Crippen LogP contribution is 2.30. The molecule has 0 bridgehead atoms. The Kier molecular flexibility index (Phi) is 5.97. The van der Waals surface area contributed by atoms with Gasteiger partial charge in [0, 0.05) is 17.4 Å². The molecule has 0 unspecified atom stereocenters. The molecule has 0 aliphatic rings. The lowest BCUT2D eigenvalue weighted by Crippen LogP contribution is -2.15. The maximum atomic E-state index is 12.7. The van der Waals surface area contributed by atoms with Crippen LogP contribution in [0.5, 0.6) is 11.5 Å². The molecule has 0 fully saturated rings. The number of hydrogen-bond donors (Lipinski definition) is 2. The van der Waals surface area contributed by atoms with Gasteiger partial charge in [0.1, 0.15) is 17.2 Å². The molecule has 0 radical (unpaired) electrons. The highest BCUT2D eigenvalue weighted by atomic mass is 16.5. The summed E-state index contributed by atoms with van der Waals surface area (Å²) in [6, 6.07) is 12.8. The molecule has 1 aromatic heterocycles. The highest BCUT2D eigenvalue weighted by Gasteiger charge is 2.13. The number of methoxy groups -OCH3 is 2. The van der Waals surface area contributed by atoms with Gasteiger partial charge in [-0.1, -0.05) is 6.07 Å². The van der Waals surface area contributed by atoms with Gasteiger partial charge in [0.05, 0.1) is 19.9 Å². The summed E-state index contributed by atoms with van der Waals surface area (Å²) in [5.74, 6) is 1.25. The van der Waals surface area contributed by atoms with Crippen LogP contribution in [0.25, 0.3) is 0 Å². The predicted molar refractivity (Wildman–Crippen MR) is 113 cm³/mol. The van der Waals surface area contributed by atoms with Gasteiger partial charge in [0.15, 0.2) is 0 Å². The van der Waals surface area contributed by atoms with Crippen LogP contribution in [0.4, 0.5) is 17.3 Å². The van der Waals surface area contributed by atoms with Crippen LogP contribution >= 0.6 is 0 Å². The molecule has 7 nitrogen and oxygen atoms in total. The third kappa shape index (κ3) is 4.82. The summed E-state index contributed by atoms with van der Waals surface area (Å²) < 4.78 is 10.6. The molecule has 0 atom stereocenters. The number of carbonyl (C=O) groups excluding carboxylic acids is 1. The Morgan fingerprint density at radius 2 is 1.69 bits per heavy atom. The number of carbonyl (C=O) groups is 1. The van der Waals surface area contributed by atoms with Crippen molar-refractivity contribution < 1.29 is 14.3 Å². The van der Waals surface area contributed by atoms with Crippen molar-refractivity contribution in [2.24, 2.45) is 0 Å². The van der Waals surface area contributed by atoms with Gasteiger partial charge in [-0.2, -0.15) is 0 Å². The Morgan fingerprint density at radius 1 is 0.897 bits per heavy atom. The van der Waals surface area contributed by atoms with Crippen LogP contribution in [0.1, 0.15) is 27.3 Å². The molecule has 0 aliphatic heterocycles. The minimum absolute atomic E-state index is 0.269. The van der Waals surface area contributed by atoms with Crippen molar-refractivity contribution in [1.82, 2.24) is 9.97 Å². The summed E-state index contributed by atoms with van der Waals surface area (Å²) in [7, 11) is 3.16. The zero-order valence-corrected chi connectivity index (χ0v) is 17.2. The number of rotatable bonds is 6. The van der Waals surface area contributed by atoms with Crippen LogP contribution < -0.4 is 20.1 Å². The van der Waals surface area contributed by atoms with Crippen LogP contribution in [0.2, 0.25) is 0 Å². The van der Waals surface area contributed by atoms with Crippen molar-refractivity contribution in [2.75, 3.05) is 24.9 Å². The Labute approximate surface area is 170 Å². The Morgan fingerprint density at radius 3 is 2.38 bits per heavy atom. The van der Waals surface area contributed by atoms with E-state index < -0.39 is 0 Å². The van der Waals surface area contributed by atoms with Crippen molar-refractivity contribution in [3.63, 3.8) is 0 Å². The number of aromatic nitrogens is 2. The maximum Gasteiger partial charge on any atom is 0.274 e. The number of benzene rings is 2. The fraction of sp³-hybridized carbons (Fsp3) is 0.227. The van der Waals surface area contributed by atoms with Gasteiger partial charge in [-0.3, -0.25) is 4.79 Å². The minimum atomic E-state index is -0.302. The summed E-state index contributed by atoms with van der Waals surface area (Å²) >= 11 is 0. The van der Waals surface area contributed by atoms with E-state index in [1.54, 1.807) is 38.5 Å². The summed E-state index contributed by atoms with van der Waals surface area (Å²) in [5.41, 5.74) is 4.60. The van der Waals surface area contributed by atoms with E-state index in [-0.39, 0.29) is 11.6 Å². The smallest absolute Gasteiger partial charge is 0.274 e. The molecule has 0 aliphatic carbocycles. The Balaban J connectivity index is 1.84. The first-order valence-corrected chi connectivity index (χ1v) is 9.13. The number of aryl methyl sites for hydroxylation is 3. The number of ether oxygens (including phenoxy) is 2. The lowest BCUT2D eigenvalue weighted by atomic mass is 10.1. The fourth-order valence-corrected chi connectivity index (χ4v) is 2.78. The molecular formula is C22H24N4O3. The van der Waals surface area contributed by atoms with E-state index in [2.05, 4.69) is 20.6 Å². The average Bonchev–Trinajstić information content (AvgIpc) is 2.70. The first-order valence-electron chi connectivity index (χ1n) is 9.13. The molecule has 1 heterocycles. The second-order valence-electron chi connectivity index (χ2n) is 6.66. The molecule has 2 aromatic carbocycles. The summed E-state index contributed by atoms with van der Waals surface area (Å²) in [6.45, 7) is 5.84. The van der Waals surface area contributed by atoms with Gasteiger partial charge in [-0.25, -0.2) is 9.97 Å². The minimum Gasteiger partial charge on any atom is -0.497 e. The quantitative estimate of drug-likeness (QED) is 0.646. The second kappa shape index (κ2) is 8.60. The normalized spacial score (nSPS) is 10.4. The topological polar surface area (TPSA) is 85.4 Å². The first kappa shape index (κ1) is 20.1. The van der Waals surface area contributed by atoms with Gasteiger partial charge in [-0.05, 0) is 62.2 Å². The van der Waals surface area contributed by atoms with Crippen molar-refractivity contribution in [3.8, 4) is 11.5 Å². The zero-order chi connectivity index (χ0) is 21.0. The number of hydrogen-bond acceptors (Lipinski definition) is 6. The zero-order valence-electron chi connectivity index (χ0n) is 17.2. The maximum absolute atomic E-state index is 12.7. The highest BCUT2D eigenvalue weighted by molar-refractivity contribution is 6.03. The van der Waals surface area contributed by atoms with Crippen LogP contribution in [0.3, 0.4) is 0 Å². The molecule has 1 amide bonds. The van der Waals surface area contributed by atoms with Crippen molar-refractivity contribution >= 4 is 23.2 Å². The second-order valence-corrected chi connectivity index (χ2v) is 6.66. The molecule has 0 spiro atoms. The Bertz CT molecular complexity index is 1050. The summed E-state index contributed by atoms with van der Waals surface area (Å²) in [5, 5.41) is 5.99. The Hall–Kier alpha value is -3.61. The van der Waals surface area contributed by atoms with Gasteiger partial charge < -0.3 is 20.1 Å². The van der Waals surface area contributed by atoms with Crippen molar-refractivity contribution in [3.05, 3.63) is 65.0 Å². The molecular weight excluding hydrogens is 368 g/mol. The van der Waals surface area contributed by atoms with E-state index >= 15 is 0 Å². The predicted octanol–water partition coefficient (Wildman–Crippen LogP) is 4.41. The van der Waals surface area contributed by atoms with E-state index in [1.807, 2.05) is 39.0 Å². The first-order chi connectivity index (χ1) is 13.9. The van der Waals surface area contributed by atoms with Gasteiger partial charge >= 0.3 is 0 Å². The molecule has 0 saturated heterocycles. The third-order valence-corrected chi connectivity index (χ3v) is 4.51. The largest absolute Gasteiger partial charge is 0.497 e. The van der Waals surface area contributed by atoms with Crippen LogP contribution in [-0.2, 0) is 0 Å². The number of amides is 1. The molecule has 3 aromatic rings. The average molecular weight is 392 g/mol. The van der Waals surface area contributed by atoms with E-state index in [9.17, 15) is 4.79 Å². The van der Waals surface area contributed by atoms with Crippen molar-refractivity contribution in [2.45, 2.75) is 20.8 Å². The fourth-order valence-electron chi connectivity index (χ4n) is 2.78. The molecule has 29 heavy (non-hydrogen) atoms. The number of nitrogens with one attached hydrogen (secondary N) is 2. The van der Waals surface area contributed by atoms with Gasteiger partial charge in [0.25, 0.3) is 5.91 Å². The van der Waals surface area contributed by atoms with E-state index in [4.69, 9.17) is 9.47 Å². The summed E-state index contributed by atoms with van der Waals surface area (Å²) in [6.07, 6.45) is 0. The van der Waals surface area contributed by atoms with Crippen LogP contribution in [0, 0.1) is 20.8 Å². The molecule has 3 rings (SSSR count). The van der Waals surface area contributed by atoms with E-state index in [0.717, 1.165) is 11.3 Å². The number of nitrogens with zero attached hydrogens (tertiary/aromatic N) is 2. The monoisotopic (exact) mass is 392 g/mol. The van der Waals surface area contributed by atoms with E-state index in [0.29, 0.717) is 28.8 Å². The van der Waals surface area contributed by atoms with Gasteiger partial charge in [-0.15, -0.1) is 0 Å². The molecule has 2 N–H and O–H groups in total. The van der Waals surface area contributed by atoms with Crippen LogP contribution in [-0.4, -0.2) is 30.1 Å². The van der Waals surface area contributed by atoms with Gasteiger partial charge in [0.2, 0.25) is 5.95 Å². The molecule has 150 valence electrons. The molecule has 0 saturated carbocycles. The standard InChI is InChI=1S/C22H24N4O3/c1-13-6-7-16(10-14(13)2)24-21(27)19-11-15(3)23-22(26-19)25-18-9-8-17(28-4)12-20(18)29-5/h6-12H,1-5H3,(H,24,27)(H,23,25,26). The van der Waals surface area contributed by atoms with E-state index in [1.165, 1.54) is 5.56 Å². The SMILES string of the molecule is COc1ccc(Nc2nc(C)cc(C(=O)Nc3ccc(C)c(C)c3)n2)c(OC)c1. The lowest BCUT2D eigenvalue weighted by Gasteiger charge is -2.13.